The van der Waals surface area contributed by atoms with Gasteiger partial charge in [-0.15, -0.1) is 0 Å². The summed E-state index contributed by atoms with van der Waals surface area (Å²) in [5, 5.41) is 11.1. The van der Waals surface area contributed by atoms with Crippen molar-refractivity contribution in [1.82, 2.24) is 0 Å². The molecule has 0 amide bonds. The molecule has 0 saturated carbocycles. The Hall–Kier alpha value is 0.451. The van der Waals surface area contributed by atoms with Crippen LogP contribution in [-0.4, -0.2) is 61.3 Å². The van der Waals surface area contributed by atoms with E-state index >= 15 is 0 Å². The zero-order valence-corrected chi connectivity index (χ0v) is 26.1. The van der Waals surface area contributed by atoms with Crippen molar-refractivity contribution < 1.29 is 23.1 Å². The number of aliphatic hydroxyl groups excluding tert-OH is 1. The SMILES string of the molecule is CC(C)(C)[Si](C)(C)OC[C@H]1O[C@@H](O)[C@H](O[Si](C)(C)C(C)(C)C)[C@@H]1O[Si](C)(C)C(C)(C)C. The number of ether oxygens (including phenoxy) is 1. The largest absolute Gasteiger partial charge is 0.414 e. The van der Waals surface area contributed by atoms with Crippen molar-refractivity contribution in [1.29, 1.82) is 0 Å². The van der Waals surface area contributed by atoms with E-state index in [1.54, 1.807) is 0 Å². The summed E-state index contributed by atoms with van der Waals surface area (Å²) >= 11 is 0. The third-order valence-electron chi connectivity index (χ3n) is 8.17. The first kappa shape index (κ1) is 29.5. The van der Waals surface area contributed by atoms with Crippen LogP contribution < -0.4 is 0 Å². The molecule has 1 heterocycles. The van der Waals surface area contributed by atoms with Crippen molar-refractivity contribution >= 4 is 25.0 Å². The summed E-state index contributed by atoms with van der Waals surface area (Å²) in [7, 11) is -6.20. The quantitative estimate of drug-likeness (QED) is 0.411. The van der Waals surface area contributed by atoms with E-state index < -0.39 is 37.3 Å². The molecule has 186 valence electrons. The van der Waals surface area contributed by atoms with Crippen LogP contribution in [0.4, 0.5) is 0 Å². The lowest BCUT2D eigenvalue weighted by atomic mass is 10.1. The molecule has 31 heavy (non-hydrogen) atoms. The van der Waals surface area contributed by atoms with E-state index in [0.29, 0.717) is 6.61 Å². The van der Waals surface area contributed by atoms with Crippen molar-refractivity contribution in [3.8, 4) is 0 Å². The lowest BCUT2D eigenvalue weighted by molar-refractivity contribution is -0.129. The standard InChI is InChI=1S/C23H52O5Si3/c1-21(2,3)29(10,11)25-16-17-18(27-30(12,13)22(4,5)6)19(20(24)26-17)28-31(14,15)23(7,8)9/h17-20,24H,16H2,1-15H3/t17-,18-,19-,20-/m1/s1. The molecular weight excluding hydrogens is 441 g/mol. The molecule has 0 bridgehead atoms. The summed E-state index contributed by atoms with van der Waals surface area (Å²) in [6.45, 7) is 33.8. The molecule has 0 aliphatic carbocycles. The van der Waals surface area contributed by atoms with Gasteiger partial charge >= 0.3 is 0 Å². The minimum atomic E-state index is -2.13. The predicted octanol–water partition coefficient (Wildman–Crippen LogP) is 6.51. The second kappa shape index (κ2) is 9.24. The van der Waals surface area contributed by atoms with Gasteiger partial charge < -0.3 is 23.1 Å². The molecule has 8 heteroatoms. The van der Waals surface area contributed by atoms with E-state index in [1.165, 1.54) is 0 Å². The molecule has 0 aromatic carbocycles. The Kier molecular flexibility index (Phi) is 8.79. The van der Waals surface area contributed by atoms with Crippen molar-refractivity contribution in [3.05, 3.63) is 0 Å². The van der Waals surface area contributed by atoms with E-state index in [2.05, 4.69) is 102 Å². The maximum absolute atomic E-state index is 10.9. The zero-order valence-electron chi connectivity index (χ0n) is 23.1. The van der Waals surface area contributed by atoms with Crippen molar-refractivity contribution in [2.45, 2.75) is 141 Å². The highest BCUT2D eigenvalue weighted by atomic mass is 28.4. The Morgan fingerprint density at radius 1 is 0.645 bits per heavy atom. The minimum Gasteiger partial charge on any atom is -0.414 e. The van der Waals surface area contributed by atoms with E-state index in [1.807, 2.05) is 0 Å². The predicted molar refractivity (Wildman–Crippen MR) is 138 cm³/mol. The Bertz CT molecular complexity index is 600. The zero-order chi connectivity index (χ0) is 24.8. The molecule has 0 spiro atoms. The van der Waals surface area contributed by atoms with Crippen molar-refractivity contribution in [3.63, 3.8) is 0 Å². The highest BCUT2D eigenvalue weighted by Crippen LogP contribution is 2.44. The maximum Gasteiger partial charge on any atom is 0.192 e. The molecule has 0 aromatic rings. The topological polar surface area (TPSA) is 57.2 Å². The van der Waals surface area contributed by atoms with Gasteiger partial charge in [-0.2, -0.15) is 0 Å². The molecule has 0 unspecified atom stereocenters. The monoisotopic (exact) mass is 492 g/mol. The second-order valence-corrected chi connectivity index (χ2v) is 28.1. The summed E-state index contributed by atoms with van der Waals surface area (Å²) in [6, 6.07) is 0. The smallest absolute Gasteiger partial charge is 0.192 e. The first-order valence-electron chi connectivity index (χ1n) is 11.8. The van der Waals surface area contributed by atoms with Gasteiger partial charge in [0.05, 0.1) is 6.61 Å². The van der Waals surface area contributed by atoms with Gasteiger partial charge in [-0.1, -0.05) is 62.3 Å². The fraction of sp³-hybridized carbons (Fsp3) is 1.00. The van der Waals surface area contributed by atoms with E-state index in [4.69, 9.17) is 18.0 Å². The highest BCUT2D eigenvalue weighted by molar-refractivity contribution is 6.75. The molecule has 4 atom stereocenters. The molecule has 1 rings (SSSR count). The van der Waals surface area contributed by atoms with Crippen molar-refractivity contribution in [2.24, 2.45) is 0 Å². The van der Waals surface area contributed by atoms with Crippen LogP contribution in [0, 0.1) is 0 Å². The Morgan fingerprint density at radius 3 is 1.35 bits per heavy atom. The van der Waals surface area contributed by atoms with Crippen LogP contribution in [0.25, 0.3) is 0 Å². The summed E-state index contributed by atoms with van der Waals surface area (Å²) in [5.74, 6) is 0. The summed E-state index contributed by atoms with van der Waals surface area (Å²) < 4.78 is 26.1. The third-order valence-corrected chi connectivity index (χ3v) is 21.6. The summed E-state index contributed by atoms with van der Waals surface area (Å²) in [5.41, 5.74) is 0. The molecule has 1 aliphatic rings. The number of rotatable bonds is 7. The van der Waals surface area contributed by atoms with Gasteiger partial charge in [-0.05, 0) is 54.4 Å². The molecular formula is C23H52O5Si3. The lowest BCUT2D eigenvalue weighted by Gasteiger charge is -2.44. The first-order chi connectivity index (χ1) is 13.4. The average Bonchev–Trinajstić information content (AvgIpc) is 2.77. The van der Waals surface area contributed by atoms with Crippen molar-refractivity contribution in [2.75, 3.05) is 6.61 Å². The van der Waals surface area contributed by atoms with Gasteiger partial charge in [0.25, 0.3) is 0 Å². The van der Waals surface area contributed by atoms with E-state index in [-0.39, 0.29) is 27.3 Å². The summed E-state index contributed by atoms with van der Waals surface area (Å²) in [4.78, 5) is 0. The number of aliphatic hydroxyl groups is 1. The Labute approximate surface area is 196 Å². The maximum atomic E-state index is 10.9. The molecule has 0 aromatic heterocycles. The van der Waals surface area contributed by atoms with Gasteiger partial charge in [-0.25, -0.2) is 0 Å². The Morgan fingerprint density at radius 2 is 1.00 bits per heavy atom. The van der Waals surface area contributed by atoms with Crippen LogP contribution in [0.2, 0.25) is 54.4 Å². The van der Waals surface area contributed by atoms with E-state index in [0.717, 1.165) is 0 Å². The molecule has 1 saturated heterocycles. The van der Waals surface area contributed by atoms with Crippen LogP contribution in [0.3, 0.4) is 0 Å². The second-order valence-electron chi connectivity index (χ2n) is 13.8. The van der Waals surface area contributed by atoms with Gasteiger partial charge in [0, 0.05) is 0 Å². The van der Waals surface area contributed by atoms with Gasteiger partial charge in [-0.3, -0.25) is 0 Å². The van der Waals surface area contributed by atoms with Gasteiger partial charge in [0.1, 0.15) is 18.3 Å². The van der Waals surface area contributed by atoms with E-state index in [9.17, 15) is 5.11 Å². The first-order valence-corrected chi connectivity index (χ1v) is 20.5. The Balaban J connectivity index is 3.22. The molecule has 5 nitrogen and oxygen atoms in total. The van der Waals surface area contributed by atoms with Crippen LogP contribution >= 0.6 is 0 Å². The molecule has 1 fully saturated rings. The summed E-state index contributed by atoms with van der Waals surface area (Å²) in [6.07, 6.45) is -2.18. The lowest BCUT2D eigenvalue weighted by Crippen LogP contribution is -2.55. The molecule has 0 radical (unpaired) electrons. The number of hydrogen-bond acceptors (Lipinski definition) is 5. The molecule has 1 N–H and O–H groups in total. The highest BCUT2D eigenvalue weighted by Gasteiger charge is 2.54. The van der Waals surface area contributed by atoms with Crippen LogP contribution in [0.5, 0.6) is 0 Å². The van der Waals surface area contributed by atoms with Crippen LogP contribution in [0.15, 0.2) is 0 Å². The van der Waals surface area contributed by atoms with Gasteiger partial charge in [0.2, 0.25) is 0 Å². The minimum absolute atomic E-state index is 0.0317. The normalized spacial score (nSPS) is 27.1. The molecule has 1 aliphatic heterocycles. The van der Waals surface area contributed by atoms with Gasteiger partial charge in [0.15, 0.2) is 31.2 Å². The van der Waals surface area contributed by atoms with Crippen LogP contribution in [-0.2, 0) is 18.0 Å². The fourth-order valence-corrected chi connectivity index (χ4v) is 6.27. The van der Waals surface area contributed by atoms with Crippen LogP contribution in [0.1, 0.15) is 62.3 Å². The average molecular weight is 493 g/mol. The fourth-order valence-electron chi connectivity index (χ4n) is 2.65. The number of hydrogen-bond donors (Lipinski definition) is 1. The third kappa shape index (κ3) is 6.97.